The van der Waals surface area contributed by atoms with Crippen LogP contribution in [0.25, 0.3) is 0 Å². The topological polar surface area (TPSA) is 49.9 Å². The van der Waals surface area contributed by atoms with Crippen LogP contribution in [0.4, 0.5) is 4.39 Å². The molecule has 0 aromatic heterocycles. The monoisotopic (exact) mass is 376 g/mol. The third kappa shape index (κ3) is 4.67. The van der Waals surface area contributed by atoms with Gasteiger partial charge in [-0.15, -0.1) is 0 Å². The van der Waals surface area contributed by atoms with Gasteiger partial charge < -0.3 is 14.5 Å². The van der Waals surface area contributed by atoms with Crippen molar-refractivity contribution in [3.05, 3.63) is 35.9 Å². The fourth-order valence-electron chi connectivity index (χ4n) is 3.82. The molecule has 0 N–H and O–H groups in total. The summed E-state index contributed by atoms with van der Waals surface area (Å²) in [4.78, 5) is 27.7. The molecule has 1 saturated heterocycles. The highest BCUT2D eigenvalue weighted by atomic mass is 19.1. The van der Waals surface area contributed by atoms with E-state index in [1.165, 1.54) is 4.90 Å². The summed E-state index contributed by atoms with van der Waals surface area (Å²) in [6.45, 7) is 0.987. The number of benzene rings is 1. The molecule has 1 heterocycles. The third-order valence-corrected chi connectivity index (χ3v) is 5.74. The minimum Gasteiger partial charge on any atom is -0.368 e. The summed E-state index contributed by atoms with van der Waals surface area (Å²) in [5.74, 6) is -0.400. The molecule has 2 aliphatic rings. The molecule has 1 aromatic carbocycles. The average Bonchev–Trinajstić information content (AvgIpc) is 2.65. The number of hydrogen-bond acceptors (Lipinski definition) is 3. The van der Waals surface area contributed by atoms with Gasteiger partial charge >= 0.3 is 0 Å². The minimum atomic E-state index is -1.66. The van der Waals surface area contributed by atoms with Gasteiger partial charge in [0.15, 0.2) is 5.67 Å². The Morgan fingerprint density at radius 1 is 1.26 bits per heavy atom. The fraction of sp³-hybridized carbons (Fsp3) is 0.619. The van der Waals surface area contributed by atoms with Crippen LogP contribution in [0.3, 0.4) is 0 Å². The predicted molar refractivity (Wildman–Crippen MR) is 101 cm³/mol. The predicted octanol–water partition coefficient (Wildman–Crippen LogP) is 2.44. The van der Waals surface area contributed by atoms with Crippen LogP contribution in [0.15, 0.2) is 30.3 Å². The minimum absolute atomic E-state index is 0.0317. The maximum atomic E-state index is 14.6. The number of ether oxygens (including phenoxy) is 1. The molecule has 5 nitrogen and oxygen atoms in total. The first-order valence-corrected chi connectivity index (χ1v) is 9.73. The first-order chi connectivity index (χ1) is 12.9. The van der Waals surface area contributed by atoms with E-state index in [0.717, 1.165) is 18.4 Å². The second-order valence-electron chi connectivity index (χ2n) is 7.95. The molecule has 2 amide bonds. The molecule has 3 rings (SSSR count). The van der Waals surface area contributed by atoms with Gasteiger partial charge in [-0.05, 0) is 37.7 Å². The molecule has 1 aromatic rings. The Hall–Kier alpha value is -1.95. The Kier molecular flexibility index (Phi) is 6.15. The summed E-state index contributed by atoms with van der Waals surface area (Å²) >= 11 is 0. The van der Waals surface area contributed by atoms with Crippen LogP contribution >= 0.6 is 0 Å². The number of hydrogen-bond donors (Lipinski definition) is 0. The number of carbonyl (C=O) groups excluding carboxylic acids is 2. The summed E-state index contributed by atoms with van der Waals surface area (Å²) in [6, 6.07) is 10.0. The second-order valence-corrected chi connectivity index (χ2v) is 7.95. The van der Waals surface area contributed by atoms with Crippen LogP contribution in [0, 0.1) is 5.92 Å². The fourth-order valence-corrected chi connectivity index (χ4v) is 3.82. The summed E-state index contributed by atoms with van der Waals surface area (Å²) < 4.78 is 20.5. The van der Waals surface area contributed by atoms with Crippen molar-refractivity contribution < 1.29 is 18.7 Å². The lowest BCUT2D eigenvalue weighted by atomic mass is 9.79. The molecule has 0 spiro atoms. The first kappa shape index (κ1) is 19.8. The number of alkyl halides is 1. The Labute approximate surface area is 160 Å². The number of piperidine rings is 1. The summed E-state index contributed by atoms with van der Waals surface area (Å²) in [5.41, 5.74) is -0.505. The molecule has 0 radical (unpaired) electrons. The van der Waals surface area contributed by atoms with Crippen LogP contribution in [0.2, 0.25) is 0 Å². The van der Waals surface area contributed by atoms with Gasteiger partial charge in [0.05, 0.1) is 6.10 Å². The SMILES string of the molecule is CN(C)C(=O)CO[C@@H]1CCN(C(=O)C2(F)CCC2)C[C@H]1Cc1ccccc1. The Bertz CT molecular complexity index is 661. The molecule has 1 aliphatic carbocycles. The highest BCUT2D eigenvalue weighted by Crippen LogP contribution is 2.38. The van der Waals surface area contributed by atoms with E-state index in [0.29, 0.717) is 32.4 Å². The van der Waals surface area contributed by atoms with E-state index in [9.17, 15) is 14.0 Å². The number of carbonyl (C=O) groups is 2. The molecule has 6 heteroatoms. The van der Waals surface area contributed by atoms with Crippen molar-refractivity contribution in [1.82, 2.24) is 9.80 Å². The van der Waals surface area contributed by atoms with Crippen molar-refractivity contribution in [2.24, 2.45) is 5.92 Å². The molecule has 2 atom stereocenters. The molecule has 2 fully saturated rings. The van der Waals surface area contributed by atoms with Crippen molar-refractivity contribution in [2.75, 3.05) is 33.8 Å². The molecule has 0 unspecified atom stereocenters. The molecule has 1 aliphatic heterocycles. The van der Waals surface area contributed by atoms with E-state index in [1.54, 1.807) is 19.0 Å². The van der Waals surface area contributed by atoms with Gasteiger partial charge in [0, 0.05) is 33.1 Å². The summed E-state index contributed by atoms with van der Waals surface area (Å²) in [6.07, 6.45) is 2.70. The van der Waals surface area contributed by atoms with Gasteiger partial charge in [-0.25, -0.2) is 4.39 Å². The standard InChI is InChI=1S/C21H29FN2O3/c1-23(2)19(25)15-27-18-9-12-24(20(26)21(22)10-6-11-21)14-17(18)13-16-7-4-3-5-8-16/h3-5,7-8,17-18H,6,9-15H2,1-2H3/t17-,18-/m1/s1. The van der Waals surface area contributed by atoms with Crippen LogP contribution in [-0.4, -0.2) is 67.2 Å². The first-order valence-electron chi connectivity index (χ1n) is 9.73. The van der Waals surface area contributed by atoms with Gasteiger partial charge in [-0.1, -0.05) is 30.3 Å². The van der Waals surface area contributed by atoms with E-state index in [4.69, 9.17) is 4.74 Å². The van der Waals surface area contributed by atoms with Crippen LogP contribution in [0.5, 0.6) is 0 Å². The zero-order chi connectivity index (χ0) is 19.4. The van der Waals surface area contributed by atoms with E-state index in [-0.39, 0.29) is 30.4 Å². The van der Waals surface area contributed by atoms with Crippen molar-refractivity contribution >= 4 is 11.8 Å². The van der Waals surface area contributed by atoms with Crippen molar-refractivity contribution in [3.63, 3.8) is 0 Å². The smallest absolute Gasteiger partial charge is 0.260 e. The number of likely N-dealkylation sites (tertiary alicyclic amines) is 1. The molecule has 0 bridgehead atoms. The highest BCUT2D eigenvalue weighted by Gasteiger charge is 2.48. The normalized spacial score (nSPS) is 24.2. The van der Waals surface area contributed by atoms with Gasteiger partial charge in [-0.3, -0.25) is 9.59 Å². The highest BCUT2D eigenvalue weighted by molar-refractivity contribution is 5.86. The lowest BCUT2D eigenvalue weighted by Gasteiger charge is -2.43. The van der Waals surface area contributed by atoms with E-state index >= 15 is 0 Å². The van der Waals surface area contributed by atoms with E-state index in [1.807, 2.05) is 30.3 Å². The van der Waals surface area contributed by atoms with Crippen molar-refractivity contribution in [2.45, 2.75) is 43.9 Å². The maximum Gasteiger partial charge on any atom is 0.260 e. The molecule has 148 valence electrons. The number of likely N-dealkylation sites (N-methyl/N-ethyl adjacent to an activating group) is 1. The largest absolute Gasteiger partial charge is 0.368 e. The van der Waals surface area contributed by atoms with Gasteiger partial charge in [-0.2, -0.15) is 0 Å². The van der Waals surface area contributed by atoms with E-state index in [2.05, 4.69) is 0 Å². The number of halogens is 1. The van der Waals surface area contributed by atoms with E-state index < -0.39 is 5.67 Å². The average molecular weight is 376 g/mol. The number of nitrogens with zero attached hydrogens (tertiary/aromatic N) is 2. The zero-order valence-corrected chi connectivity index (χ0v) is 16.2. The summed E-state index contributed by atoms with van der Waals surface area (Å²) in [5, 5.41) is 0. The van der Waals surface area contributed by atoms with Gasteiger partial charge in [0.1, 0.15) is 6.61 Å². The van der Waals surface area contributed by atoms with Crippen LogP contribution < -0.4 is 0 Å². The molecular weight excluding hydrogens is 347 g/mol. The van der Waals surface area contributed by atoms with Gasteiger partial charge in [0.2, 0.25) is 5.91 Å². The number of rotatable bonds is 6. The summed E-state index contributed by atoms with van der Waals surface area (Å²) in [7, 11) is 3.40. The lowest BCUT2D eigenvalue weighted by Crippen LogP contribution is -2.55. The number of amides is 2. The van der Waals surface area contributed by atoms with Crippen molar-refractivity contribution in [3.8, 4) is 0 Å². The van der Waals surface area contributed by atoms with Crippen molar-refractivity contribution in [1.29, 1.82) is 0 Å². The quantitative estimate of drug-likeness (QED) is 0.766. The second kappa shape index (κ2) is 8.38. The Morgan fingerprint density at radius 2 is 1.96 bits per heavy atom. The molecule has 27 heavy (non-hydrogen) atoms. The van der Waals surface area contributed by atoms with Gasteiger partial charge in [0.25, 0.3) is 5.91 Å². The molecular formula is C21H29FN2O3. The Morgan fingerprint density at radius 3 is 2.56 bits per heavy atom. The zero-order valence-electron chi connectivity index (χ0n) is 16.2. The molecule has 1 saturated carbocycles. The third-order valence-electron chi connectivity index (χ3n) is 5.74. The van der Waals surface area contributed by atoms with Crippen LogP contribution in [0.1, 0.15) is 31.2 Å². The maximum absolute atomic E-state index is 14.6. The lowest BCUT2D eigenvalue weighted by molar-refractivity contribution is -0.156. The van der Waals surface area contributed by atoms with Crippen LogP contribution in [-0.2, 0) is 20.7 Å². The Balaban J connectivity index is 1.68.